The number of aliphatic carboxylic acids is 1. The third kappa shape index (κ3) is 6.04. The molecule has 38 heavy (non-hydrogen) atoms. The minimum absolute atomic E-state index is 0.0201. The number of fused-ring (bicyclic) bond motifs is 1. The van der Waals surface area contributed by atoms with Gasteiger partial charge in [0.15, 0.2) is 11.6 Å². The molecule has 2 aromatic carbocycles. The van der Waals surface area contributed by atoms with Gasteiger partial charge in [-0.3, -0.25) is 9.78 Å². The van der Waals surface area contributed by atoms with Crippen LogP contribution in [0.4, 0.5) is 17.6 Å². The van der Waals surface area contributed by atoms with Crippen molar-refractivity contribution in [3.8, 4) is 5.75 Å². The zero-order chi connectivity index (χ0) is 27.4. The Balaban J connectivity index is 1.37. The second-order valence-corrected chi connectivity index (χ2v) is 10.2. The van der Waals surface area contributed by atoms with E-state index >= 15 is 4.39 Å². The number of carboxylic acids is 1. The molecular weight excluding hydrogens is 524 g/mol. The molecule has 1 fully saturated rings. The van der Waals surface area contributed by atoms with Crippen LogP contribution in [-0.2, 0) is 11.2 Å². The summed E-state index contributed by atoms with van der Waals surface area (Å²) in [5, 5.41) is 10.8. The van der Waals surface area contributed by atoms with E-state index in [2.05, 4.69) is 4.98 Å². The molecule has 2 heterocycles. The van der Waals surface area contributed by atoms with Crippen LogP contribution in [-0.4, -0.2) is 47.7 Å². The molecule has 0 spiro atoms. The van der Waals surface area contributed by atoms with Gasteiger partial charge >= 0.3 is 5.97 Å². The smallest absolute Gasteiger partial charge is 0.309 e. The van der Waals surface area contributed by atoms with E-state index < -0.39 is 35.0 Å². The number of alkyl halides is 1. The van der Waals surface area contributed by atoms with Gasteiger partial charge in [0.2, 0.25) is 0 Å². The number of benzene rings is 2. The fourth-order valence-corrected chi connectivity index (χ4v) is 5.49. The summed E-state index contributed by atoms with van der Waals surface area (Å²) in [6, 6.07) is 6.62. The molecule has 3 aromatic rings. The zero-order valence-electron chi connectivity index (χ0n) is 21.0. The number of methoxy groups -OCH3 is 1. The predicted octanol–water partition coefficient (Wildman–Crippen LogP) is 6.90. The number of carboxylic acid groups (broad SMARTS) is 1. The minimum atomic E-state index is -1.49. The van der Waals surface area contributed by atoms with E-state index in [1.54, 1.807) is 18.2 Å². The highest BCUT2D eigenvalue weighted by molar-refractivity contribution is 6.32. The molecule has 1 N–H and O–H groups in total. The second-order valence-electron chi connectivity index (χ2n) is 9.80. The SMILES string of the molecule is COc1ccc2ncc(Cl)c([C@H](F)CCC3(C(=O)O)CCN(CCCc4cc(F)cc(F)c4F)CC3)c2c1. The second kappa shape index (κ2) is 11.9. The van der Waals surface area contributed by atoms with Crippen LogP contribution in [0, 0.1) is 22.9 Å². The molecule has 1 atom stereocenters. The molecule has 0 bridgehead atoms. The number of pyridine rings is 1. The number of ether oxygens (including phenoxy) is 1. The van der Waals surface area contributed by atoms with Crippen LogP contribution in [0.1, 0.15) is 49.4 Å². The quantitative estimate of drug-likeness (QED) is 0.219. The Hall–Kier alpha value is -2.91. The van der Waals surface area contributed by atoms with E-state index in [-0.39, 0.29) is 35.4 Å². The van der Waals surface area contributed by atoms with Gasteiger partial charge in [-0.15, -0.1) is 0 Å². The van der Waals surface area contributed by atoms with Crippen molar-refractivity contribution in [1.29, 1.82) is 0 Å². The maximum Gasteiger partial charge on any atom is 0.309 e. The number of hydrogen-bond donors (Lipinski definition) is 1. The number of aryl methyl sites for hydroxylation is 1. The van der Waals surface area contributed by atoms with Crippen LogP contribution in [0.15, 0.2) is 36.5 Å². The van der Waals surface area contributed by atoms with E-state index in [0.717, 1.165) is 6.07 Å². The standard InChI is InChI=1S/C28H29ClF4N2O3/c1-38-19-4-5-24-20(15-19)25(21(29)16-34-24)22(31)6-7-28(27(36)37)8-11-35(12-9-28)10-2-3-17-13-18(30)14-23(32)26(17)33/h4-5,13-16,22H,2-3,6-12H2,1H3,(H,36,37)/t22-/m1/s1. The number of hydrogen-bond acceptors (Lipinski definition) is 4. The summed E-state index contributed by atoms with van der Waals surface area (Å²) in [5.74, 6) is -3.51. The monoisotopic (exact) mass is 552 g/mol. The van der Waals surface area contributed by atoms with Gasteiger partial charge in [-0.25, -0.2) is 17.6 Å². The molecule has 1 aromatic heterocycles. The Bertz CT molecular complexity index is 1310. The lowest BCUT2D eigenvalue weighted by Gasteiger charge is -2.39. The highest BCUT2D eigenvalue weighted by Crippen LogP contribution is 2.42. The van der Waals surface area contributed by atoms with Crippen molar-refractivity contribution < 1.29 is 32.2 Å². The van der Waals surface area contributed by atoms with Gasteiger partial charge in [-0.1, -0.05) is 11.6 Å². The Labute approximate surface area is 223 Å². The maximum atomic E-state index is 15.6. The Morgan fingerprint density at radius 3 is 2.63 bits per heavy atom. The van der Waals surface area contributed by atoms with Crippen LogP contribution in [0.3, 0.4) is 0 Å². The van der Waals surface area contributed by atoms with E-state index in [4.69, 9.17) is 16.3 Å². The van der Waals surface area contributed by atoms with Crippen LogP contribution in [0.2, 0.25) is 5.02 Å². The molecule has 4 rings (SSSR count). The number of rotatable bonds is 10. The van der Waals surface area contributed by atoms with Crippen molar-refractivity contribution in [3.05, 3.63) is 70.1 Å². The lowest BCUT2D eigenvalue weighted by Crippen LogP contribution is -2.44. The number of nitrogens with zero attached hydrogens (tertiary/aromatic N) is 2. The number of aromatic nitrogens is 1. The molecule has 1 aliphatic rings. The van der Waals surface area contributed by atoms with Crippen molar-refractivity contribution in [2.75, 3.05) is 26.7 Å². The molecule has 204 valence electrons. The zero-order valence-corrected chi connectivity index (χ0v) is 21.7. The largest absolute Gasteiger partial charge is 0.497 e. The Morgan fingerprint density at radius 2 is 1.95 bits per heavy atom. The molecule has 0 unspecified atom stereocenters. The Kier molecular flexibility index (Phi) is 8.78. The van der Waals surface area contributed by atoms with E-state index in [1.807, 2.05) is 4.90 Å². The van der Waals surface area contributed by atoms with Gasteiger partial charge in [0.1, 0.15) is 17.7 Å². The third-order valence-corrected chi connectivity index (χ3v) is 7.81. The number of piperidine rings is 1. The summed E-state index contributed by atoms with van der Waals surface area (Å²) in [7, 11) is 1.51. The summed E-state index contributed by atoms with van der Waals surface area (Å²) in [6.07, 6.45) is 1.30. The lowest BCUT2D eigenvalue weighted by atomic mass is 9.74. The van der Waals surface area contributed by atoms with Crippen molar-refractivity contribution in [2.24, 2.45) is 5.41 Å². The highest BCUT2D eigenvalue weighted by Gasteiger charge is 2.41. The van der Waals surface area contributed by atoms with Gasteiger partial charge in [0, 0.05) is 23.2 Å². The number of carbonyl (C=O) groups is 1. The molecular formula is C28H29ClF4N2O3. The van der Waals surface area contributed by atoms with Gasteiger partial charge in [0.25, 0.3) is 0 Å². The third-order valence-electron chi connectivity index (χ3n) is 7.51. The molecule has 1 aliphatic heterocycles. The van der Waals surface area contributed by atoms with Crippen LogP contribution in [0.5, 0.6) is 5.75 Å². The van der Waals surface area contributed by atoms with E-state index in [1.165, 1.54) is 13.3 Å². The van der Waals surface area contributed by atoms with Crippen molar-refractivity contribution >= 4 is 28.5 Å². The molecule has 5 nitrogen and oxygen atoms in total. The van der Waals surface area contributed by atoms with E-state index in [9.17, 15) is 23.1 Å². The number of likely N-dealkylation sites (tertiary alicyclic amines) is 1. The van der Waals surface area contributed by atoms with E-state index in [0.29, 0.717) is 61.6 Å². The van der Waals surface area contributed by atoms with Crippen LogP contribution >= 0.6 is 11.6 Å². The van der Waals surface area contributed by atoms with Crippen molar-refractivity contribution in [3.63, 3.8) is 0 Å². The minimum Gasteiger partial charge on any atom is -0.497 e. The normalized spacial score (nSPS) is 16.5. The fourth-order valence-electron chi connectivity index (χ4n) is 5.22. The first kappa shape index (κ1) is 28.1. The summed E-state index contributed by atoms with van der Waals surface area (Å²) < 4.78 is 61.6. The summed E-state index contributed by atoms with van der Waals surface area (Å²) in [4.78, 5) is 18.6. The predicted molar refractivity (Wildman–Crippen MR) is 137 cm³/mol. The van der Waals surface area contributed by atoms with Gasteiger partial charge in [-0.05, 0) is 88.0 Å². The first-order chi connectivity index (χ1) is 18.1. The lowest BCUT2D eigenvalue weighted by molar-refractivity contribution is -0.153. The van der Waals surface area contributed by atoms with Crippen LogP contribution in [0.25, 0.3) is 10.9 Å². The van der Waals surface area contributed by atoms with Gasteiger partial charge in [-0.2, -0.15) is 0 Å². The maximum absolute atomic E-state index is 15.6. The first-order valence-electron chi connectivity index (χ1n) is 12.5. The average molecular weight is 553 g/mol. The fraction of sp³-hybridized carbons (Fsp3) is 0.429. The number of halogens is 5. The van der Waals surface area contributed by atoms with Gasteiger partial charge in [0.05, 0.1) is 23.1 Å². The molecule has 0 amide bonds. The van der Waals surface area contributed by atoms with Crippen LogP contribution < -0.4 is 4.74 Å². The molecule has 1 saturated heterocycles. The molecule has 0 aliphatic carbocycles. The molecule has 10 heteroatoms. The first-order valence-corrected chi connectivity index (χ1v) is 12.9. The Morgan fingerprint density at radius 1 is 1.21 bits per heavy atom. The topological polar surface area (TPSA) is 62.7 Å². The van der Waals surface area contributed by atoms with Gasteiger partial charge < -0.3 is 14.7 Å². The summed E-state index contributed by atoms with van der Waals surface area (Å²) >= 11 is 6.32. The molecule has 0 radical (unpaired) electrons. The van der Waals surface area contributed by atoms with Crippen molar-refractivity contribution in [2.45, 2.75) is 44.7 Å². The summed E-state index contributed by atoms with van der Waals surface area (Å²) in [5.41, 5.74) is -0.260. The van der Waals surface area contributed by atoms with Crippen molar-refractivity contribution in [1.82, 2.24) is 9.88 Å². The average Bonchev–Trinajstić information content (AvgIpc) is 2.90. The molecule has 0 saturated carbocycles. The summed E-state index contributed by atoms with van der Waals surface area (Å²) in [6.45, 7) is 1.47. The highest BCUT2D eigenvalue weighted by atomic mass is 35.5.